The number of fused-ring (bicyclic) bond motifs is 2. The molecule has 1 N–H and O–H groups in total. The molecule has 7 nitrogen and oxygen atoms in total. The zero-order chi connectivity index (χ0) is 23.2. The van der Waals surface area contributed by atoms with Crippen LogP contribution in [0.25, 0.3) is 21.7 Å². The molecule has 1 aromatic heterocycles. The quantitative estimate of drug-likeness (QED) is 0.446. The van der Waals surface area contributed by atoms with E-state index in [1.165, 1.54) is 10.4 Å². The average molecular weight is 518 g/mol. The third kappa shape index (κ3) is 4.42. The van der Waals surface area contributed by atoms with Gasteiger partial charge in [0.1, 0.15) is 5.69 Å². The summed E-state index contributed by atoms with van der Waals surface area (Å²) in [6, 6.07) is 18.6. The van der Waals surface area contributed by atoms with Crippen LogP contribution in [0.3, 0.4) is 0 Å². The number of piperazine rings is 1. The maximum atomic E-state index is 13.2. The standard InChI is InChI=1S/C24H20ClN3O4S.ClH/c25-18-7-5-17-14-19(8-6-16(17)13-18)33(31,32)28-11-9-27(10-12-28)24(30)22-15-23(29)20-3-1-2-4-21(20)26-22;/h1-8,13-15H,9-12H2,(H,26,29);1H. The SMILES string of the molecule is Cl.O=C(c1cc(=O)c2ccccc2[nH]1)N1CCN(S(=O)(=O)c2ccc3cc(Cl)ccc3c2)CC1. The second-order valence-electron chi connectivity index (χ2n) is 7.94. The molecular formula is C24H21Cl2N3O4S. The van der Waals surface area contributed by atoms with E-state index in [2.05, 4.69) is 4.98 Å². The van der Waals surface area contributed by atoms with Crippen LogP contribution in [-0.4, -0.2) is 54.7 Å². The first-order valence-corrected chi connectivity index (χ1v) is 12.3. The highest BCUT2D eigenvalue weighted by Gasteiger charge is 2.31. The molecule has 10 heteroatoms. The molecule has 0 aliphatic carbocycles. The lowest BCUT2D eigenvalue weighted by molar-refractivity contribution is 0.0692. The highest BCUT2D eigenvalue weighted by Crippen LogP contribution is 2.25. The Hall–Kier alpha value is -2.91. The number of hydrogen-bond acceptors (Lipinski definition) is 4. The van der Waals surface area contributed by atoms with E-state index < -0.39 is 10.0 Å². The van der Waals surface area contributed by atoms with Crippen LogP contribution < -0.4 is 5.43 Å². The number of para-hydroxylation sites is 1. The van der Waals surface area contributed by atoms with Gasteiger partial charge in [0.25, 0.3) is 5.91 Å². The van der Waals surface area contributed by atoms with Crippen molar-refractivity contribution in [1.82, 2.24) is 14.2 Å². The molecule has 0 saturated carbocycles. The molecular weight excluding hydrogens is 497 g/mol. The highest BCUT2D eigenvalue weighted by atomic mass is 35.5. The van der Waals surface area contributed by atoms with Gasteiger partial charge in [0, 0.05) is 48.2 Å². The van der Waals surface area contributed by atoms with Gasteiger partial charge in [0.05, 0.1) is 4.90 Å². The van der Waals surface area contributed by atoms with E-state index in [4.69, 9.17) is 11.6 Å². The number of aromatic nitrogens is 1. The number of H-pyrrole nitrogens is 1. The lowest BCUT2D eigenvalue weighted by atomic mass is 10.1. The van der Waals surface area contributed by atoms with Crippen molar-refractivity contribution in [3.8, 4) is 0 Å². The zero-order valence-corrected chi connectivity index (χ0v) is 20.3. The number of pyridine rings is 1. The summed E-state index contributed by atoms with van der Waals surface area (Å²) in [5.41, 5.74) is 0.557. The van der Waals surface area contributed by atoms with E-state index in [-0.39, 0.29) is 60.5 Å². The van der Waals surface area contributed by atoms with Crippen molar-refractivity contribution < 1.29 is 13.2 Å². The first-order valence-electron chi connectivity index (χ1n) is 10.4. The van der Waals surface area contributed by atoms with Crippen molar-refractivity contribution in [2.75, 3.05) is 26.2 Å². The number of rotatable bonds is 3. The number of carbonyl (C=O) groups excluding carboxylic acids is 1. The van der Waals surface area contributed by atoms with Gasteiger partial charge in [-0.15, -0.1) is 12.4 Å². The van der Waals surface area contributed by atoms with Crippen molar-refractivity contribution in [1.29, 1.82) is 0 Å². The van der Waals surface area contributed by atoms with Crippen LogP contribution in [0.4, 0.5) is 0 Å². The molecule has 1 amide bonds. The Morgan fingerprint density at radius 3 is 2.32 bits per heavy atom. The molecule has 2 heterocycles. The van der Waals surface area contributed by atoms with Gasteiger partial charge in [0.2, 0.25) is 10.0 Å². The Bertz CT molecular complexity index is 1560. The van der Waals surface area contributed by atoms with Crippen LogP contribution in [0.1, 0.15) is 10.5 Å². The van der Waals surface area contributed by atoms with E-state index in [9.17, 15) is 18.0 Å². The van der Waals surface area contributed by atoms with Gasteiger partial charge < -0.3 is 9.88 Å². The number of nitrogens with zero attached hydrogens (tertiary/aromatic N) is 2. The predicted octanol–water partition coefficient (Wildman–Crippen LogP) is 3.90. The van der Waals surface area contributed by atoms with E-state index >= 15 is 0 Å². The first kappa shape index (κ1) is 24.2. The summed E-state index contributed by atoms with van der Waals surface area (Å²) in [7, 11) is -3.71. The Morgan fingerprint density at radius 2 is 1.56 bits per heavy atom. The third-order valence-corrected chi connectivity index (χ3v) is 8.03. The Kier molecular flexibility index (Phi) is 6.69. The van der Waals surface area contributed by atoms with Gasteiger partial charge in [-0.3, -0.25) is 9.59 Å². The number of benzene rings is 3. The molecule has 1 saturated heterocycles. The Labute approximate surface area is 207 Å². The van der Waals surface area contributed by atoms with Gasteiger partial charge >= 0.3 is 0 Å². The first-order chi connectivity index (χ1) is 15.8. The van der Waals surface area contributed by atoms with Crippen LogP contribution in [0, 0.1) is 0 Å². The molecule has 176 valence electrons. The number of aromatic amines is 1. The molecule has 0 unspecified atom stereocenters. The summed E-state index contributed by atoms with van der Waals surface area (Å²) in [6.45, 7) is 0.807. The van der Waals surface area contributed by atoms with Crippen LogP contribution in [0.2, 0.25) is 5.02 Å². The third-order valence-electron chi connectivity index (χ3n) is 5.91. The Morgan fingerprint density at radius 1 is 0.882 bits per heavy atom. The number of sulfonamides is 1. The number of carbonyl (C=O) groups is 1. The van der Waals surface area contributed by atoms with Crippen molar-refractivity contribution in [3.05, 3.63) is 87.7 Å². The van der Waals surface area contributed by atoms with E-state index in [0.717, 1.165) is 10.8 Å². The summed E-state index contributed by atoms with van der Waals surface area (Å²) in [5.74, 6) is -0.322. The Balaban J connectivity index is 0.00000274. The molecule has 3 aromatic carbocycles. The minimum atomic E-state index is -3.71. The molecule has 1 aliphatic rings. The van der Waals surface area contributed by atoms with E-state index in [1.54, 1.807) is 65.6 Å². The normalized spacial score (nSPS) is 14.8. The van der Waals surface area contributed by atoms with Crippen molar-refractivity contribution in [2.24, 2.45) is 0 Å². The van der Waals surface area contributed by atoms with E-state index in [1.807, 2.05) is 0 Å². The summed E-state index contributed by atoms with van der Waals surface area (Å²) in [4.78, 5) is 30.1. The largest absolute Gasteiger partial charge is 0.350 e. The van der Waals surface area contributed by atoms with Gasteiger partial charge in [-0.2, -0.15) is 4.31 Å². The fourth-order valence-corrected chi connectivity index (χ4v) is 5.76. The van der Waals surface area contributed by atoms with Crippen LogP contribution >= 0.6 is 24.0 Å². The highest BCUT2D eigenvalue weighted by molar-refractivity contribution is 7.89. The lowest BCUT2D eigenvalue weighted by Gasteiger charge is -2.34. The second kappa shape index (κ2) is 9.38. The minimum Gasteiger partial charge on any atom is -0.350 e. The van der Waals surface area contributed by atoms with Crippen LogP contribution in [-0.2, 0) is 10.0 Å². The number of halogens is 2. The minimum absolute atomic E-state index is 0. The van der Waals surface area contributed by atoms with Crippen molar-refractivity contribution >= 4 is 61.6 Å². The van der Waals surface area contributed by atoms with E-state index in [0.29, 0.717) is 15.9 Å². The smallest absolute Gasteiger partial charge is 0.270 e. The topological polar surface area (TPSA) is 90.6 Å². The summed E-state index contributed by atoms with van der Waals surface area (Å²) < 4.78 is 27.8. The summed E-state index contributed by atoms with van der Waals surface area (Å²) >= 11 is 6.01. The molecule has 1 fully saturated rings. The molecule has 0 radical (unpaired) electrons. The molecule has 5 rings (SSSR count). The molecule has 0 spiro atoms. The monoisotopic (exact) mass is 517 g/mol. The average Bonchev–Trinajstić information content (AvgIpc) is 2.83. The summed E-state index contributed by atoms with van der Waals surface area (Å²) in [5, 5.41) is 2.75. The predicted molar refractivity (Wildman–Crippen MR) is 135 cm³/mol. The van der Waals surface area contributed by atoms with Crippen LogP contribution in [0.5, 0.6) is 0 Å². The number of nitrogens with one attached hydrogen (secondary N) is 1. The van der Waals surface area contributed by atoms with Gasteiger partial charge in [0.15, 0.2) is 5.43 Å². The number of amides is 1. The summed E-state index contributed by atoms with van der Waals surface area (Å²) in [6.07, 6.45) is 0. The number of hydrogen-bond donors (Lipinski definition) is 1. The lowest BCUT2D eigenvalue weighted by Crippen LogP contribution is -2.50. The van der Waals surface area contributed by atoms with Crippen molar-refractivity contribution in [3.63, 3.8) is 0 Å². The van der Waals surface area contributed by atoms with Gasteiger partial charge in [-0.25, -0.2) is 8.42 Å². The van der Waals surface area contributed by atoms with Crippen LogP contribution in [0.15, 0.2) is 76.4 Å². The molecule has 34 heavy (non-hydrogen) atoms. The fraction of sp³-hybridized carbons (Fsp3) is 0.167. The zero-order valence-electron chi connectivity index (χ0n) is 17.9. The van der Waals surface area contributed by atoms with Crippen molar-refractivity contribution in [2.45, 2.75) is 4.90 Å². The van der Waals surface area contributed by atoms with Gasteiger partial charge in [-0.1, -0.05) is 35.9 Å². The second-order valence-corrected chi connectivity index (χ2v) is 10.3. The molecule has 0 bridgehead atoms. The maximum absolute atomic E-state index is 13.2. The molecule has 0 atom stereocenters. The fourth-order valence-electron chi connectivity index (χ4n) is 4.12. The van der Waals surface area contributed by atoms with Gasteiger partial charge in [-0.05, 0) is 47.2 Å². The molecule has 1 aliphatic heterocycles. The molecule has 4 aromatic rings. The maximum Gasteiger partial charge on any atom is 0.270 e.